The molecule has 1 fully saturated rings. The molecule has 2 rings (SSSR count). The highest BCUT2D eigenvalue weighted by Crippen LogP contribution is 2.10. The molecule has 0 radical (unpaired) electrons. The molecular formula is C23H34N6O7. The Morgan fingerprint density at radius 1 is 0.694 bits per heavy atom. The molecule has 1 aromatic rings. The Balaban J connectivity index is 1.90. The van der Waals surface area contributed by atoms with Crippen LogP contribution in [0, 0.1) is 0 Å². The fraction of sp³-hybridized carbons (Fsp3) is 0.522. The van der Waals surface area contributed by atoms with Gasteiger partial charge in [-0.05, 0) is 11.1 Å². The third kappa shape index (κ3) is 11.7. The van der Waals surface area contributed by atoms with Crippen molar-refractivity contribution in [3.05, 3.63) is 35.4 Å². The Kier molecular flexibility index (Phi) is 11.8. The van der Waals surface area contributed by atoms with Gasteiger partial charge in [0.25, 0.3) is 0 Å². The molecule has 0 spiro atoms. The van der Waals surface area contributed by atoms with Gasteiger partial charge in [0.2, 0.25) is 17.7 Å². The van der Waals surface area contributed by atoms with Gasteiger partial charge in [0, 0.05) is 45.8 Å². The minimum atomic E-state index is -0.920. The van der Waals surface area contributed by atoms with Gasteiger partial charge in [-0.2, -0.15) is 0 Å². The van der Waals surface area contributed by atoms with Crippen molar-refractivity contribution >= 4 is 29.7 Å². The van der Waals surface area contributed by atoms with E-state index in [1.165, 1.54) is 0 Å². The lowest BCUT2D eigenvalue weighted by Gasteiger charge is -2.25. The zero-order valence-corrected chi connectivity index (χ0v) is 20.1. The number of nitrogens with zero attached hydrogens (tertiary/aromatic N) is 3. The van der Waals surface area contributed by atoms with Gasteiger partial charge in [-0.15, -0.1) is 0 Å². The van der Waals surface area contributed by atoms with Crippen LogP contribution in [0.3, 0.4) is 0 Å². The molecule has 13 nitrogen and oxygen atoms in total. The fourth-order valence-corrected chi connectivity index (χ4v) is 3.74. The predicted molar refractivity (Wildman–Crippen MR) is 129 cm³/mol. The van der Waals surface area contributed by atoms with E-state index < -0.39 is 23.8 Å². The number of hydrogen-bond acceptors (Lipinski definition) is 8. The van der Waals surface area contributed by atoms with Gasteiger partial charge in [-0.3, -0.25) is 38.7 Å². The molecule has 1 aliphatic heterocycles. The molecule has 1 aliphatic rings. The molecular weight excluding hydrogens is 472 g/mol. The van der Waals surface area contributed by atoms with Crippen molar-refractivity contribution < 1.29 is 34.2 Å². The smallest absolute Gasteiger partial charge is 0.317 e. The molecule has 36 heavy (non-hydrogen) atoms. The summed E-state index contributed by atoms with van der Waals surface area (Å²) in [6, 6.07) is 7.45. The molecule has 198 valence electrons. The number of primary amides is 1. The third-order valence-corrected chi connectivity index (χ3v) is 5.61. The Bertz CT molecular complexity index is 896. The van der Waals surface area contributed by atoms with Gasteiger partial charge >= 0.3 is 11.9 Å². The van der Waals surface area contributed by atoms with Crippen LogP contribution in [0.4, 0.5) is 0 Å². The zero-order chi connectivity index (χ0) is 26.5. The quantitative estimate of drug-likeness (QED) is 0.203. The van der Waals surface area contributed by atoms with Gasteiger partial charge in [0.1, 0.15) is 0 Å². The number of nitrogens with two attached hydrogens (primary N) is 1. The normalized spacial score (nSPS) is 15.8. The summed E-state index contributed by atoms with van der Waals surface area (Å²) in [6.45, 7) is 3.20. The van der Waals surface area contributed by atoms with E-state index >= 15 is 0 Å². The summed E-state index contributed by atoms with van der Waals surface area (Å²) in [7, 11) is 0. The molecule has 6 N–H and O–H groups in total. The topological polar surface area (TPSA) is 186 Å². The van der Waals surface area contributed by atoms with E-state index in [1.54, 1.807) is 0 Å². The van der Waals surface area contributed by atoms with Gasteiger partial charge in [-0.1, -0.05) is 24.3 Å². The van der Waals surface area contributed by atoms with Gasteiger partial charge in [-0.25, -0.2) is 0 Å². The number of nitrogens with one attached hydrogen (secondary N) is 2. The Hall–Kier alpha value is -3.55. The lowest BCUT2D eigenvalue weighted by molar-refractivity contribution is -0.140. The highest BCUT2D eigenvalue weighted by atomic mass is 16.4. The van der Waals surface area contributed by atoms with Crippen molar-refractivity contribution in [2.75, 3.05) is 65.4 Å². The Morgan fingerprint density at radius 2 is 1.14 bits per heavy atom. The predicted octanol–water partition coefficient (Wildman–Crippen LogP) is -2.46. The van der Waals surface area contributed by atoms with Crippen LogP contribution in [0.5, 0.6) is 0 Å². The highest BCUT2D eigenvalue weighted by Gasteiger charge is 2.19. The first kappa shape index (κ1) is 28.7. The van der Waals surface area contributed by atoms with Crippen LogP contribution < -0.4 is 16.4 Å². The van der Waals surface area contributed by atoms with Crippen molar-refractivity contribution in [1.29, 1.82) is 0 Å². The maximum absolute atomic E-state index is 12.1. The van der Waals surface area contributed by atoms with Crippen LogP contribution in [-0.2, 0) is 36.9 Å². The number of carbonyl (C=O) groups is 5. The Morgan fingerprint density at radius 3 is 1.61 bits per heavy atom. The van der Waals surface area contributed by atoms with E-state index in [0.717, 1.165) is 11.1 Å². The molecule has 0 unspecified atom stereocenters. The van der Waals surface area contributed by atoms with Crippen LogP contribution in [0.25, 0.3) is 0 Å². The zero-order valence-electron chi connectivity index (χ0n) is 20.1. The molecule has 0 saturated carbocycles. The molecule has 13 heteroatoms. The third-order valence-electron chi connectivity index (χ3n) is 5.61. The van der Waals surface area contributed by atoms with Crippen LogP contribution in [0.15, 0.2) is 24.3 Å². The molecule has 1 aromatic carbocycles. The largest absolute Gasteiger partial charge is 0.480 e. The Labute approximate surface area is 209 Å². The van der Waals surface area contributed by atoms with Crippen molar-refractivity contribution in [3.8, 4) is 0 Å². The van der Waals surface area contributed by atoms with E-state index in [2.05, 4.69) is 15.5 Å². The second-order valence-corrected chi connectivity index (χ2v) is 8.63. The summed E-state index contributed by atoms with van der Waals surface area (Å²) < 4.78 is 0. The van der Waals surface area contributed by atoms with E-state index in [4.69, 9.17) is 5.73 Å². The second kappa shape index (κ2) is 14.8. The summed E-state index contributed by atoms with van der Waals surface area (Å²) in [5.74, 6) is -3.36. The van der Waals surface area contributed by atoms with Crippen LogP contribution in [-0.4, -0.2) is 120 Å². The van der Waals surface area contributed by atoms with Gasteiger partial charge in [0.05, 0.1) is 32.6 Å². The first-order valence-electron chi connectivity index (χ1n) is 11.6. The molecule has 0 bridgehead atoms. The van der Waals surface area contributed by atoms with Crippen molar-refractivity contribution in [3.63, 3.8) is 0 Å². The first-order chi connectivity index (χ1) is 17.1. The van der Waals surface area contributed by atoms with Crippen LogP contribution in [0.1, 0.15) is 11.1 Å². The highest BCUT2D eigenvalue weighted by molar-refractivity contribution is 5.88. The van der Waals surface area contributed by atoms with Crippen LogP contribution >= 0.6 is 0 Å². The lowest BCUT2D eigenvalue weighted by atomic mass is 10.1. The fourth-order valence-electron chi connectivity index (χ4n) is 3.74. The number of benzene rings is 1. The molecule has 0 aromatic heterocycles. The number of carbonyl (C=O) groups excluding carboxylic acids is 3. The maximum Gasteiger partial charge on any atom is 0.317 e. The lowest BCUT2D eigenvalue weighted by Crippen LogP contribution is -2.40. The number of aliphatic carboxylic acids is 2. The summed E-state index contributed by atoms with van der Waals surface area (Å²) >= 11 is 0. The summed E-state index contributed by atoms with van der Waals surface area (Å²) in [6.07, 6.45) is 0.0847. The first-order valence-corrected chi connectivity index (χ1v) is 11.6. The van der Waals surface area contributed by atoms with Crippen LogP contribution in [0.2, 0.25) is 0 Å². The number of carboxylic acids is 2. The van der Waals surface area contributed by atoms with Gasteiger partial charge in [0.15, 0.2) is 0 Å². The minimum absolute atomic E-state index is 0.0847. The van der Waals surface area contributed by atoms with E-state index in [1.807, 2.05) is 34.1 Å². The van der Waals surface area contributed by atoms with E-state index in [9.17, 15) is 34.2 Å². The molecule has 0 atom stereocenters. The number of carboxylic acid groups (broad SMARTS) is 2. The summed E-state index contributed by atoms with van der Waals surface area (Å²) in [5, 5.41) is 23.1. The summed E-state index contributed by atoms with van der Waals surface area (Å²) in [5.41, 5.74) is 6.71. The van der Waals surface area contributed by atoms with E-state index in [-0.39, 0.29) is 38.5 Å². The summed E-state index contributed by atoms with van der Waals surface area (Å²) in [4.78, 5) is 62.5. The standard InChI is InChI=1S/C23H34N6O7/c24-19(30)12-25-21(32)13-26-20(31)11-17-1-3-18(4-2-17)14-27-5-7-28(15-22(33)34)9-10-29(8-6-27)16-23(35)36/h1-4H,5-16H2,(H2,24,30)(H,25,32)(H,26,31)(H,33,34)(H,35,36). The maximum atomic E-state index is 12.1. The van der Waals surface area contributed by atoms with Gasteiger partial charge < -0.3 is 26.6 Å². The molecule has 1 saturated heterocycles. The average molecular weight is 507 g/mol. The number of amides is 3. The SMILES string of the molecule is NC(=O)CNC(=O)CNC(=O)Cc1ccc(CN2CCN(CC(=O)O)CCN(CC(=O)O)CC2)cc1. The average Bonchev–Trinajstić information content (AvgIpc) is 2.89. The molecule has 1 heterocycles. The number of rotatable bonds is 12. The number of hydrogen-bond donors (Lipinski definition) is 5. The van der Waals surface area contributed by atoms with Crippen molar-refractivity contribution in [2.24, 2.45) is 5.73 Å². The molecule has 0 aliphatic carbocycles. The van der Waals surface area contributed by atoms with E-state index in [0.29, 0.717) is 45.8 Å². The molecule has 3 amide bonds. The van der Waals surface area contributed by atoms with Crippen molar-refractivity contribution in [2.45, 2.75) is 13.0 Å². The second-order valence-electron chi connectivity index (χ2n) is 8.63. The monoisotopic (exact) mass is 506 g/mol. The minimum Gasteiger partial charge on any atom is -0.480 e. The van der Waals surface area contributed by atoms with Crippen molar-refractivity contribution in [1.82, 2.24) is 25.3 Å².